The fraction of sp³-hybridized carbons (Fsp3) is 0.333. The Morgan fingerprint density at radius 3 is 2.60 bits per heavy atom. The number of hydrogen-bond acceptors (Lipinski definition) is 4. The zero-order valence-corrected chi connectivity index (χ0v) is 20.0. The van der Waals surface area contributed by atoms with Crippen molar-refractivity contribution < 1.29 is 14.4 Å². The fourth-order valence-corrected chi connectivity index (χ4v) is 5.06. The van der Waals surface area contributed by atoms with Crippen molar-refractivity contribution in [3.05, 3.63) is 83.4 Å². The van der Waals surface area contributed by atoms with Gasteiger partial charge in [-0.05, 0) is 37.0 Å². The summed E-state index contributed by atoms with van der Waals surface area (Å²) in [6.07, 6.45) is 2.96. The van der Waals surface area contributed by atoms with Crippen LogP contribution in [0.2, 0.25) is 0 Å². The number of carbonyl (C=O) groups excluding carboxylic acids is 3. The van der Waals surface area contributed by atoms with Gasteiger partial charge in [0.05, 0.1) is 12.9 Å². The Kier molecular flexibility index (Phi) is 5.88. The van der Waals surface area contributed by atoms with E-state index >= 15 is 0 Å². The van der Waals surface area contributed by atoms with E-state index in [4.69, 9.17) is 0 Å². The van der Waals surface area contributed by atoms with Gasteiger partial charge in [-0.3, -0.25) is 14.4 Å². The molecule has 3 heterocycles. The smallest absolute Gasteiger partial charge is 0.279 e. The second kappa shape index (κ2) is 9.02. The molecule has 0 spiro atoms. The van der Waals surface area contributed by atoms with Crippen LogP contribution in [0, 0.1) is 0 Å². The highest BCUT2D eigenvalue weighted by molar-refractivity contribution is 6.13. The van der Waals surface area contributed by atoms with Crippen LogP contribution in [0.3, 0.4) is 0 Å². The molecule has 2 aliphatic rings. The number of nitrogens with zero attached hydrogens (tertiary/aromatic N) is 4. The summed E-state index contributed by atoms with van der Waals surface area (Å²) in [7, 11) is 0. The minimum Gasteiger partial charge on any atom is -0.350 e. The maximum Gasteiger partial charge on any atom is 0.279 e. The van der Waals surface area contributed by atoms with Gasteiger partial charge in [0.15, 0.2) is 5.69 Å². The largest absolute Gasteiger partial charge is 0.350 e. The molecule has 3 amide bonds. The number of hydrogen-bond donors (Lipinski definition) is 1. The average molecular weight is 472 g/mol. The molecule has 1 atom stereocenters. The molecule has 180 valence electrons. The maximum absolute atomic E-state index is 13.8. The molecule has 0 radical (unpaired) electrons. The van der Waals surface area contributed by atoms with E-state index in [1.54, 1.807) is 21.3 Å². The molecule has 2 aliphatic heterocycles. The lowest BCUT2D eigenvalue weighted by Crippen LogP contribution is -2.64. The van der Waals surface area contributed by atoms with Gasteiger partial charge in [-0.15, -0.1) is 0 Å². The molecule has 0 bridgehead atoms. The summed E-state index contributed by atoms with van der Waals surface area (Å²) in [5, 5.41) is 2.99. The van der Waals surface area contributed by atoms with E-state index in [0.29, 0.717) is 26.1 Å². The molecule has 1 unspecified atom stereocenters. The summed E-state index contributed by atoms with van der Waals surface area (Å²) in [5.74, 6) is -0.863. The van der Waals surface area contributed by atoms with Gasteiger partial charge in [0.25, 0.3) is 11.8 Å². The first-order chi connectivity index (χ1) is 16.9. The standard InChI is InChI=1S/C27H29N5O3/c1-3-14-32-25(34)23-22(24(33)31-15-13-20-11-7-8-12-21(20)31)29-18-30(23)17-27(32,2)26(35)28-16-19-9-5-4-6-10-19/h4-12,18H,3,13-17H2,1-2H3,(H,28,35). The molecule has 2 aromatic carbocycles. The third kappa shape index (κ3) is 3.88. The topological polar surface area (TPSA) is 87.5 Å². The van der Waals surface area contributed by atoms with Gasteiger partial charge >= 0.3 is 0 Å². The molecule has 35 heavy (non-hydrogen) atoms. The van der Waals surface area contributed by atoms with E-state index in [1.165, 1.54) is 6.33 Å². The Morgan fingerprint density at radius 2 is 1.83 bits per heavy atom. The van der Waals surface area contributed by atoms with Crippen LogP contribution in [0.4, 0.5) is 5.69 Å². The Labute approximate surface area is 204 Å². The van der Waals surface area contributed by atoms with E-state index < -0.39 is 5.54 Å². The van der Waals surface area contributed by atoms with Crippen molar-refractivity contribution in [3.8, 4) is 0 Å². The van der Waals surface area contributed by atoms with Crippen molar-refractivity contribution in [3.63, 3.8) is 0 Å². The molecular formula is C27H29N5O3. The number of aromatic nitrogens is 2. The van der Waals surface area contributed by atoms with Crippen LogP contribution in [-0.2, 0) is 24.3 Å². The van der Waals surface area contributed by atoms with Crippen LogP contribution < -0.4 is 10.2 Å². The number of fused-ring (bicyclic) bond motifs is 2. The van der Waals surface area contributed by atoms with Gasteiger partial charge in [-0.25, -0.2) is 4.98 Å². The molecule has 8 nitrogen and oxygen atoms in total. The predicted molar refractivity (Wildman–Crippen MR) is 132 cm³/mol. The number of amides is 3. The Balaban J connectivity index is 1.44. The highest BCUT2D eigenvalue weighted by atomic mass is 16.2. The normalized spacial score (nSPS) is 18.9. The number of anilines is 1. The number of imidazole rings is 1. The second-order valence-electron chi connectivity index (χ2n) is 9.30. The number of benzene rings is 2. The third-order valence-corrected chi connectivity index (χ3v) is 6.93. The number of carbonyl (C=O) groups is 3. The summed E-state index contributed by atoms with van der Waals surface area (Å²) < 4.78 is 1.66. The minimum atomic E-state index is -1.10. The molecule has 0 saturated carbocycles. The first-order valence-corrected chi connectivity index (χ1v) is 12.0. The van der Waals surface area contributed by atoms with Gasteiger partial charge in [-0.2, -0.15) is 0 Å². The van der Waals surface area contributed by atoms with E-state index in [2.05, 4.69) is 10.3 Å². The second-order valence-corrected chi connectivity index (χ2v) is 9.30. The predicted octanol–water partition coefficient (Wildman–Crippen LogP) is 3.03. The molecule has 1 N–H and O–H groups in total. The zero-order valence-electron chi connectivity index (χ0n) is 20.0. The van der Waals surface area contributed by atoms with Crippen LogP contribution >= 0.6 is 0 Å². The van der Waals surface area contributed by atoms with Gasteiger partial charge in [0.2, 0.25) is 5.91 Å². The van der Waals surface area contributed by atoms with Gasteiger partial charge in [0.1, 0.15) is 11.2 Å². The van der Waals surface area contributed by atoms with Crippen molar-refractivity contribution in [1.29, 1.82) is 0 Å². The lowest BCUT2D eigenvalue weighted by molar-refractivity contribution is -0.133. The van der Waals surface area contributed by atoms with E-state index in [-0.39, 0.29) is 35.7 Å². The van der Waals surface area contributed by atoms with E-state index in [9.17, 15) is 14.4 Å². The Hall–Kier alpha value is -3.94. The summed E-state index contributed by atoms with van der Waals surface area (Å²) in [6.45, 7) is 5.30. The van der Waals surface area contributed by atoms with Crippen LogP contribution in [0.15, 0.2) is 60.9 Å². The molecule has 1 aromatic heterocycles. The monoisotopic (exact) mass is 471 g/mol. The van der Waals surface area contributed by atoms with E-state index in [1.807, 2.05) is 61.5 Å². The average Bonchev–Trinajstić information content (AvgIpc) is 3.50. The van der Waals surface area contributed by atoms with Gasteiger partial charge in [-0.1, -0.05) is 55.5 Å². The van der Waals surface area contributed by atoms with E-state index in [0.717, 1.165) is 23.2 Å². The van der Waals surface area contributed by atoms with Gasteiger partial charge < -0.3 is 19.7 Å². The Bertz CT molecular complexity index is 1280. The highest BCUT2D eigenvalue weighted by Gasteiger charge is 2.48. The molecule has 5 rings (SSSR count). The Morgan fingerprint density at radius 1 is 1.09 bits per heavy atom. The molecule has 8 heteroatoms. The summed E-state index contributed by atoms with van der Waals surface area (Å²) in [6, 6.07) is 17.5. The molecule has 0 aliphatic carbocycles. The zero-order chi connectivity index (χ0) is 24.6. The van der Waals surface area contributed by atoms with Crippen molar-refractivity contribution in [2.45, 2.75) is 45.3 Å². The van der Waals surface area contributed by atoms with Gasteiger partial charge in [0, 0.05) is 25.3 Å². The van der Waals surface area contributed by atoms with Crippen LogP contribution in [0.1, 0.15) is 52.4 Å². The first-order valence-electron chi connectivity index (χ1n) is 12.0. The first kappa shape index (κ1) is 22.8. The minimum absolute atomic E-state index is 0.138. The number of para-hydroxylation sites is 1. The van der Waals surface area contributed by atoms with Crippen molar-refractivity contribution >= 4 is 23.4 Å². The lowest BCUT2D eigenvalue weighted by Gasteiger charge is -2.43. The van der Waals surface area contributed by atoms with Crippen LogP contribution in [-0.4, -0.2) is 50.8 Å². The quantitative estimate of drug-likeness (QED) is 0.599. The molecule has 0 fully saturated rings. The third-order valence-electron chi connectivity index (χ3n) is 6.93. The van der Waals surface area contributed by atoms with Crippen molar-refractivity contribution in [2.75, 3.05) is 18.0 Å². The summed E-state index contributed by atoms with van der Waals surface area (Å²) in [4.78, 5) is 48.3. The summed E-state index contributed by atoms with van der Waals surface area (Å²) >= 11 is 0. The van der Waals surface area contributed by atoms with Crippen LogP contribution in [0.25, 0.3) is 0 Å². The fourth-order valence-electron chi connectivity index (χ4n) is 5.06. The van der Waals surface area contributed by atoms with Crippen LogP contribution in [0.5, 0.6) is 0 Å². The number of nitrogens with one attached hydrogen (secondary N) is 1. The molecule has 0 saturated heterocycles. The van der Waals surface area contributed by atoms with Crippen molar-refractivity contribution in [1.82, 2.24) is 19.8 Å². The summed E-state index contributed by atoms with van der Waals surface area (Å²) in [5.41, 5.74) is 2.24. The molecular weight excluding hydrogens is 442 g/mol. The molecule has 3 aromatic rings. The highest BCUT2D eigenvalue weighted by Crippen LogP contribution is 2.32. The van der Waals surface area contributed by atoms with Crippen molar-refractivity contribution in [2.24, 2.45) is 0 Å². The number of rotatable bonds is 6. The maximum atomic E-state index is 13.8. The SMILES string of the molecule is CCCN1C(=O)c2c(C(=O)N3CCc4ccccc43)ncn2CC1(C)C(=O)NCc1ccccc1. The lowest BCUT2D eigenvalue weighted by atomic mass is 9.93.